The minimum atomic E-state index is -0.633. The Kier molecular flexibility index (Phi) is 4.51. The fourth-order valence-corrected chi connectivity index (χ4v) is 1.25. The number of anilines is 1. The first kappa shape index (κ1) is 12.2. The van der Waals surface area contributed by atoms with Gasteiger partial charge >= 0.3 is 11.8 Å². The quantitative estimate of drug-likeness (QED) is 0.755. The van der Waals surface area contributed by atoms with E-state index in [1.807, 2.05) is 12.1 Å². The van der Waals surface area contributed by atoms with E-state index >= 15 is 0 Å². The second-order valence-corrected chi connectivity index (χ2v) is 3.36. The summed E-state index contributed by atoms with van der Waals surface area (Å²) in [5.41, 5.74) is 1.82. The van der Waals surface area contributed by atoms with Crippen LogP contribution in [0.15, 0.2) is 24.3 Å². The van der Waals surface area contributed by atoms with E-state index in [9.17, 15) is 9.59 Å². The zero-order valence-corrected chi connectivity index (χ0v) is 9.54. The molecule has 0 atom stereocenters. The Morgan fingerprint density at radius 2 is 1.69 bits per heavy atom. The number of hydrogen-bond donors (Lipinski definition) is 2. The van der Waals surface area contributed by atoms with Gasteiger partial charge in [-0.25, -0.2) is 0 Å². The van der Waals surface area contributed by atoms with Gasteiger partial charge in [0.05, 0.1) is 0 Å². The summed E-state index contributed by atoms with van der Waals surface area (Å²) < 4.78 is 0. The van der Waals surface area contributed by atoms with Crippen LogP contribution < -0.4 is 10.6 Å². The first-order valence-electron chi connectivity index (χ1n) is 5.35. The molecule has 4 heteroatoms. The second kappa shape index (κ2) is 5.90. The van der Waals surface area contributed by atoms with Crippen LogP contribution in [-0.4, -0.2) is 18.4 Å². The van der Waals surface area contributed by atoms with E-state index in [1.165, 1.54) is 5.56 Å². The van der Waals surface area contributed by atoms with E-state index in [0.717, 1.165) is 6.42 Å². The number of likely N-dealkylation sites (N-methyl/N-ethyl adjacent to an activating group) is 1. The fourth-order valence-electron chi connectivity index (χ4n) is 1.25. The molecule has 4 nitrogen and oxygen atoms in total. The predicted molar refractivity (Wildman–Crippen MR) is 63.1 cm³/mol. The van der Waals surface area contributed by atoms with Crippen molar-refractivity contribution in [2.75, 3.05) is 11.9 Å². The van der Waals surface area contributed by atoms with Gasteiger partial charge in [0.2, 0.25) is 0 Å². The molecule has 0 aliphatic rings. The highest BCUT2D eigenvalue weighted by Gasteiger charge is 2.11. The van der Waals surface area contributed by atoms with Crippen LogP contribution in [0.4, 0.5) is 5.69 Å². The van der Waals surface area contributed by atoms with Crippen molar-refractivity contribution < 1.29 is 9.59 Å². The van der Waals surface area contributed by atoms with E-state index in [2.05, 4.69) is 17.6 Å². The van der Waals surface area contributed by atoms with E-state index in [1.54, 1.807) is 19.1 Å². The molecule has 0 aliphatic carbocycles. The summed E-state index contributed by atoms with van der Waals surface area (Å²) >= 11 is 0. The highest BCUT2D eigenvalue weighted by molar-refractivity contribution is 6.39. The summed E-state index contributed by atoms with van der Waals surface area (Å²) in [5.74, 6) is -1.24. The van der Waals surface area contributed by atoms with Gasteiger partial charge in [0.1, 0.15) is 0 Å². The van der Waals surface area contributed by atoms with Crippen molar-refractivity contribution in [1.29, 1.82) is 0 Å². The number of carbonyl (C=O) groups excluding carboxylic acids is 2. The maximum absolute atomic E-state index is 11.3. The van der Waals surface area contributed by atoms with Gasteiger partial charge in [0.15, 0.2) is 0 Å². The van der Waals surface area contributed by atoms with E-state index in [4.69, 9.17) is 0 Å². The van der Waals surface area contributed by atoms with Gasteiger partial charge in [-0.2, -0.15) is 0 Å². The normalized spacial score (nSPS) is 9.62. The van der Waals surface area contributed by atoms with Crippen molar-refractivity contribution in [1.82, 2.24) is 5.32 Å². The van der Waals surface area contributed by atoms with Crippen LogP contribution in [0, 0.1) is 0 Å². The van der Waals surface area contributed by atoms with Gasteiger partial charge in [-0.15, -0.1) is 0 Å². The molecule has 0 unspecified atom stereocenters. The predicted octanol–water partition coefficient (Wildman–Crippen LogP) is 1.32. The zero-order chi connectivity index (χ0) is 12.0. The molecule has 1 rings (SSSR count). The maximum atomic E-state index is 11.3. The summed E-state index contributed by atoms with van der Waals surface area (Å²) in [6.45, 7) is 4.27. The number of rotatable bonds is 3. The molecule has 0 aliphatic heterocycles. The van der Waals surface area contributed by atoms with Gasteiger partial charge in [0.25, 0.3) is 0 Å². The van der Waals surface area contributed by atoms with Gasteiger partial charge in [-0.1, -0.05) is 19.1 Å². The first-order chi connectivity index (χ1) is 7.67. The molecule has 2 N–H and O–H groups in total. The van der Waals surface area contributed by atoms with Gasteiger partial charge < -0.3 is 10.6 Å². The monoisotopic (exact) mass is 220 g/mol. The van der Waals surface area contributed by atoms with Crippen LogP contribution in [0.3, 0.4) is 0 Å². The lowest BCUT2D eigenvalue weighted by Gasteiger charge is -2.05. The smallest absolute Gasteiger partial charge is 0.313 e. The molecule has 86 valence electrons. The number of hydrogen-bond acceptors (Lipinski definition) is 2. The molecule has 1 aromatic rings. The highest BCUT2D eigenvalue weighted by Crippen LogP contribution is 2.09. The van der Waals surface area contributed by atoms with Crippen molar-refractivity contribution in [3.05, 3.63) is 29.8 Å². The first-order valence-corrected chi connectivity index (χ1v) is 5.35. The number of nitrogens with one attached hydrogen (secondary N) is 2. The van der Waals surface area contributed by atoms with Crippen molar-refractivity contribution in [2.24, 2.45) is 0 Å². The fraction of sp³-hybridized carbons (Fsp3) is 0.333. The zero-order valence-electron chi connectivity index (χ0n) is 9.54. The molecule has 0 aromatic heterocycles. The largest absolute Gasteiger partial charge is 0.348 e. The molecule has 0 saturated carbocycles. The van der Waals surface area contributed by atoms with Gasteiger partial charge in [-0.05, 0) is 31.0 Å². The molecule has 0 fully saturated rings. The summed E-state index contributed by atoms with van der Waals surface area (Å²) in [7, 11) is 0. The number of amides is 2. The Labute approximate surface area is 95.0 Å². The van der Waals surface area contributed by atoms with Crippen molar-refractivity contribution in [3.8, 4) is 0 Å². The molecule has 0 heterocycles. The Hall–Kier alpha value is -1.84. The Morgan fingerprint density at radius 3 is 2.19 bits per heavy atom. The average Bonchev–Trinajstić information content (AvgIpc) is 2.30. The third kappa shape index (κ3) is 3.38. The Morgan fingerprint density at radius 1 is 1.06 bits per heavy atom. The number of aryl methyl sites for hydroxylation is 1. The lowest BCUT2D eigenvalue weighted by molar-refractivity contribution is -0.136. The summed E-state index contributed by atoms with van der Waals surface area (Å²) in [4.78, 5) is 22.5. The minimum Gasteiger partial charge on any atom is -0.348 e. The summed E-state index contributed by atoms with van der Waals surface area (Å²) in [5, 5.41) is 4.96. The van der Waals surface area contributed by atoms with E-state index < -0.39 is 11.8 Å². The average molecular weight is 220 g/mol. The molecule has 1 aromatic carbocycles. The number of benzene rings is 1. The van der Waals surface area contributed by atoms with Crippen LogP contribution in [-0.2, 0) is 16.0 Å². The summed E-state index contributed by atoms with van der Waals surface area (Å²) in [6, 6.07) is 7.42. The SMILES string of the molecule is CCNC(=O)C(=O)Nc1ccc(CC)cc1. The molecule has 0 spiro atoms. The molecule has 0 radical (unpaired) electrons. The highest BCUT2D eigenvalue weighted by atomic mass is 16.2. The summed E-state index contributed by atoms with van der Waals surface area (Å²) in [6.07, 6.45) is 0.949. The van der Waals surface area contributed by atoms with Crippen molar-refractivity contribution in [3.63, 3.8) is 0 Å². The van der Waals surface area contributed by atoms with E-state index in [0.29, 0.717) is 12.2 Å². The van der Waals surface area contributed by atoms with Gasteiger partial charge in [0, 0.05) is 12.2 Å². The lowest BCUT2D eigenvalue weighted by Crippen LogP contribution is -2.35. The molecule has 2 amide bonds. The molecule has 0 bridgehead atoms. The molecular formula is C12H16N2O2. The van der Waals surface area contributed by atoms with Crippen LogP contribution in [0.5, 0.6) is 0 Å². The van der Waals surface area contributed by atoms with E-state index in [-0.39, 0.29) is 0 Å². The molecular weight excluding hydrogens is 204 g/mol. The maximum Gasteiger partial charge on any atom is 0.313 e. The van der Waals surface area contributed by atoms with Crippen LogP contribution in [0.1, 0.15) is 19.4 Å². The minimum absolute atomic E-state index is 0.445. The van der Waals surface area contributed by atoms with Crippen molar-refractivity contribution in [2.45, 2.75) is 20.3 Å². The molecule has 16 heavy (non-hydrogen) atoms. The van der Waals surface area contributed by atoms with Gasteiger partial charge in [-0.3, -0.25) is 9.59 Å². The Bertz CT molecular complexity index is 371. The third-order valence-corrected chi connectivity index (χ3v) is 2.16. The van der Waals surface area contributed by atoms with Crippen LogP contribution >= 0.6 is 0 Å². The Balaban J connectivity index is 2.59. The standard InChI is InChI=1S/C12H16N2O2/c1-3-9-5-7-10(8-6-9)14-12(16)11(15)13-4-2/h5-8H,3-4H2,1-2H3,(H,13,15)(H,14,16). The molecule has 0 saturated heterocycles. The van der Waals surface area contributed by atoms with Crippen molar-refractivity contribution >= 4 is 17.5 Å². The van der Waals surface area contributed by atoms with Crippen LogP contribution in [0.25, 0.3) is 0 Å². The topological polar surface area (TPSA) is 58.2 Å². The third-order valence-electron chi connectivity index (χ3n) is 2.16. The lowest BCUT2D eigenvalue weighted by atomic mass is 10.1. The second-order valence-electron chi connectivity index (χ2n) is 3.36. The van der Waals surface area contributed by atoms with Crippen LogP contribution in [0.2, 0.25) is 0 Å². The number of carbonyl (C=O) groups is 2.